The van der Waals surface area contributed by atoms with Crippen molar-refractivity contribution in [2.24, 2.45) is 0 Å². The number of benzene rings is 1. The number of nitrogens with one attached hydrogen (secondary N) is 2. The molecule has 0 radical (unpaired) electrons. The van der Waals surface area contributed by atoms with Crippen LogP contribution in [0.15, 0.2) is 36.5 Å². The predicted molar refractivity (Wildman–Crippen MR) is 121 cm³/mol. The molecule has 1 fully saturated rings. The zero-order valence-electron chi connectivity index (χ0n) is 17.2. The number of nitrogen functional groups attached to an aromatic ring is 1. The van der Waals surface area contributed by atoms with Crippen LogP contribution in [0.4, 0.5) is 24.0 Å². The number of hydrogen-bond acceptors (Lipinski definition) is 8. The van der Waals surface area contributed by atoms with E-state index in [1.54, 1.807) is 16.9 Å². The van der Waals surface area contributed by atoms with E-state index in [2.05, 4.69) is 30.9 Å². The summed E-state index contributed by atoms with van der Waals surface area (Å²) in [5.41, 5.74) is 6.61. The third kappa shape index (κ3) is 4.41. The van der Waals surface area contributed by atoms with E-state index in [0.29, 0.717) is 39.8 Å². The first kappa shape index (κ1) is 22.5. The highest BCUT2D eigenvalue weighted by Crippen LogP contribution is 2.36. The number of anilines is 2. The molecule has 1 saturated heterocycles. The second-order valence-corrected chi connectivity index (χ2v) is 9.10. The summed E-state index contributed by atoms with van der Waals surface area (Å²) in [6, 6.07) is 6.05. The smallest absolute Gasteiger partial charge is 0.375 e. The van der Waals surface area contributed by atoms with E-state index in [9.17, 15) is 18.0 Å². The number of thiazole rings is 1. The molecule has 176 valence electrons. The van der Waals surface area contributed by atoms with Gasteiger partial charge in [-0.15, -0.1) is 5.10 Å². The highest BCUT2D eigenvalue weighted by molar-refractivity contribution is 7.21. The molecule has 14 heteroatoms. The fourth-order valence-electron chi connectivity index (χ4n) is 3.72. The van der Waals surface area contributed by atoms with Crippen LogP contribution in [0.2, 0.25) is 5.02 Å². The third-order valence-corrected chi connectivity index (χ3v) is 6.51. The van der Waals surface area contributed by atoms with Gasteiger partial charge in [0, 0.05) is 12.2 Å². The minimum Gasteiger partial charge on any atom is -0.375 e. The molecule has 1 aromatic carbocycles. The molecular formula is C20H16ClF3N8OS. The van der Waals surface area contributed by atoms with Gasteiger partial charge in [0.15, 0.2) is 5.13 Å². The largest absolute Gasteiger partial charge is 0.417 e. The normalized spacial score (nSPS) is 18.5. The topological polar surface area (TPSA) is 124 Å². The summed E-state index contributed by atoms with van der Waals surface area (Å²) < 4.78 is 40.9. The lowest BCUT2D eigenvalue weighted by molar-refractivity contribution is -0.137. The van der Waals surface area contributed by atoms with E-state index in [0.717, 1.165) is 12.1 Å². The van der Waals surface area contributed by atoms with Gasteiger partial charge in [-0.05, 0) is 36.8 Å². The maximum atomic E-state index is 13.1. The van der Waals surface area contributed by atoms with Crippen LogP contribution in [0.1, 0.15) is 18.0 Å². The van der Waals surface area contributed by atoms with E-state index >= 15 is 0 Å². The summed E-state index contributed by atoms with van der Waals surface area (Å²) in [5.74, 6) is -0.451. The number of carbonyl (C=O) groups is 1. The molecule has 0 bridgehead atoms. The van der Waals surface area contributed by atoms with E-state index in [1.165, 1.54) is 17.4 Å². The average Bonchev–Trinajstić information content (AvgIpc) is 3.52. The molecule has 1 aliphatic rings. The third-order valence-electron chi connectivity index (χ3n) is 5.38. The molecule has 0 saturated carbocycles. The van der Waals surface area contributed by atoms with Crippen LogP contribution < -0.4 is 16.4 Å². The van der Waals surface area contributed by atoms with Crippen molar-refractivity contribution in [2.45, 2.75) is 24.7 Å². The summed E-state index contributed by atoms with van der Waals surface area (Å²) in [5, 5.41) is 13.9. The molecule has 4 N–H and O–H groups in total. The maximum absolute atomic E-state index is 13.1. The van der Waals surface area contributed by atoms with E-state index in [4.69, 9.17) is 17.3 Å². The van der Waals surface area contributed by atoms with Gasteiger partial charge in [-0.25, -0.2) is 14.6 Å². The number of fused-ring (bicyclic) bond motifs is 1. The van der Waals surface area contributed by atoms with Crippen molar-refractivity contribution in [3.8, 4) is 11.4 Å². The second kappa shape index (κ2) is 8.49. The number of nitrogens with two attached hydrogens (primary N) is 1. The Kier molecular flexibility index (Phi) is 5.62. The van der Waals surface area contributed by atoms with Crippen molar-refractivity contribution in [1.82, 2.24) is 30.3 Å². The Labute approximate surface area is 199 Å². The van der Waals surface area contributed by atoms with Gasteiger partial charge < -0.3 is 16.4 Å². The molecule has 1 aliphatic heterocycles. The first-order valence-corrected chi connectivity index (χ1v) is 11.2. The Hall–Kier alpha value is -3.29. The number of carbonyl (C=O) groups excluding carboxylic acids is 1. The number of hydrogen-bond donors (Lipinski definition) is 3. The van der Waals surface area contributed by atoms with E-state index in [-0.39, 0.29) is 11.7 Å². The Bertz CT molecular complexity index is 1390. The van der Waals surface area contributed by atoms with Crippen LogP contribution in [-0.4, -0.2) is 43.5 Å². The monoisotopic (exact) mass is 508 g/mol. The molecule has 5 rings (SSSR count). The van der Waals surface area contributed by atoms with Crippen molar-refractivity contribution in [3.63, 3.8) is 0 Å². The Balaban J connectivity index is 1.26. The Morgan fingerprint density at radius 2 is 2.06 bits per heavy atom. The van der Waals surface area contributed by atoms with Gasteiger partial charge in [0.05, 0.1) is 34.6 Å². The van der Waals surface area contributed by atoms with Crippen LogP contribution in [0.25, 0.3) is 21.7 Å². The zero-order valence-corrected chi connectivity index (χ0v) is 18.7. The van der Waals surface area contributed by atoms with Crippen LogP contribution in [0, 0.1) is 0 Å². The van der Waals surface area contributed by atoms with Crippen molar-refractivity contribution < 1.29 is 18.0 Å². The van der Waals surface area contributed by atoms with Crippen LogP contribution in [0.3, 0.4) is 0 Å². The number of aromatic nitrogens is 5. The Morgan fingerprint density at radius 1 is 1.24 bits per heavy atom. The van der Waals surface area contributed by atoms with Gasteiger partial charge in [-0.1, -0.05) is 28.2 Å². The fourth-order valence-corrected chi connectivity index (χ4v) is 4.65. The van der Waals surface area contributed by atoms with Crippen molar-refractivity contribution in [2.75, 3.05) is 17.6 Å². The van der Waals surface area contributed by atoms with Gasteiger partial charge >= 0.3 is 6.18 Å². The lowest BCUT2D eigenvalue weighted by Crippen LogP contribution is -2.35. The summed E-state index contributed by atoms with van der Waals surface area (Å²) in [4.78, 5) is 22.0. The minimum atomic E-state index is -4.62. The first-order chi connectivity index (χ1) is 16.2. The number of pyridine rings is 1. The van der Waals surface area contributed by atoms with Gasteiger partial charge in [-0.2, -0.15) is 13.2 Å². The van der Waals surface area contributed by atoms with Crippen LogP contribution >= 0.6 is 22.9 Å². The molecule has 0 unspecified atom stereocenters. The van der Waals surface area contributed by atoms with Crippen LogP contribution in [-0.2, 0) is 11.0 Å². The summed E-state index contributed by atoms with van der Waals surface area (Å²) in [6.45, 7) is 0.438. The van der Waals surface area contributed by atoms with Gasteiger partial charge in [0.1, 0.15) is 16.0 Å². The summed E-state index contributed by atoms with van der Waals surface area (Å²) in [6.07, 6.45) is -2.50. The van der Waals surface area contributed by atoms with Gasteiger partial charge in [0.2, 0.25) is 5.91 Å². The maximum Gasteiger partial charge on any atom is 0.417 e. The first-order valence-electron chi connectivity index (χ1n) is 10.0. The number of rotatable bonds is 4. The highest BCUT2D eigenvalue weighted by Gasteiger charge is 2.34. The average molecular weight is 509 g/mol. The fraction of sp³-hybridized carbons (Fsp3) is 0.250. The van der Waals surface area contributed by atoms with E-state index in [1.807, 2.05) is 6.07 Å². The van der Waals surface area contributed by atoms with Crippen molar-refractivity contribution in [1.29, 1.82) is 0 Å². The molecule has 0 spiro atoms. The molecule has 2 atom stereocenters. The minimum absolute atomic E-state index is 0.0141. The molecule has 9 nitrogen and oxygen atoms in total. The quantitative estimate of drug-likeness (QED) is 0.383. The van der Waals surface area contributed by atoms with Crippen molar-refractivity contribution >= 4 is 50.0 Å². The van der Waals surface area contributed by atoms with Crippen molar-refractivity contribution in [3.05, 3.63) is 47.1 Å². The highest BCUT2D eigenvalue weighted by atomic mass is 35.5. The number of alkyl halides is 3. The molecule has 1 amide bonds. The summed E-state index contributed by atoms with van der Waals surface area (Å²) in [7, 11) is 0. The number of halogens is 4. The van der Waals surface area contributed by atoms with Gasteiger partial charge in [-0.3, -0.25) is 4.79 Å². The lowest BCUT2D eigenvalue weighted by atomic mass is 10.1. The standard InChI is InChI=1S/C20H16ClF3N8OS/c21-12-2-1-9(5-11(12)20(22,23)24)27-17(33)15-6-10(7-26-15)32-8-16(30-31-32)13-3-4-14-18(28-13)34-19(25)29-14/h1-5,8,10,15,26H,6-7H2,(H2,25,29)(H,27,33)/t10-,15-/m0/s1. The number of nitrogens with zero attached hydrogens (tertiary/aromatic N) is 5. The molecule has 0 aliphatic carbocycles. The lowest BCUT2D eigenvalue weighted by Gasteiger charge is -2.14. The molecule has 4 heterocycles. The Morgan fingerprint density at radius 3 is 2.85 bits per heavy atom. The number of amides is 1. The molecule has 3 aromatic heterocycles. The molecular weight excluding hydrogens is 493 g/mol. The second-order valence-electron chi connectivity index (χ2n) is 7.69. The summed E-state index contributed by atoms with van der Waals surface area (Å²) >= 11 is 6.91. The molecule has 34 heavy (non-hydrogen) atoms. The predicted octanol–water partition coefficient (Wildman–Crippen LogP) is 3.75. The van der Waals surface area contributed by atoms with E-state index < -0.39 is 28.7 Å². The zero-order chi connectivity index (χ0) is 24.0. The van der Waals surface area contributed by atoms with Crippen LogP contribution in [0.5, 0.6) is 0 Å². The molecule has 4 aromatic rings. The van der Waals surface area contributed by atoms with Gasteiger partial charge in [0.25, 0.3) is 0 Å². The SMILES string of the molecule is Nc1nc2ccc(-c3cn([C@@H]4CN[C@H](C(=O)Nc5ccc(Cl)c(C(F)(F)F)c5)C4)nn3)nc2s1.